The lowest BCUT2D eigenvalue weighted by Gasteiger charge is -2.29. The highest BCUT2D eigenvalue weighted by atomic mass is 35.5. The average molecular weight is 329 g/mol. The van der Waals surface area contributed by atoms with Crippen LogP contribution < -0.4 is 0 Å². The van der Waals surface area contributed by atoms with Gasteiger partial charge in [-0.1, -0.05) is 44.0 Å². The number of carbonyl (C=O) groups excluding carboxylic acids is 1. The van der Waals surface area contributed by atoms with Crippen LogP contribution in [-0.2, 0) is 0 Å². The van der Waals surface area contributed by atoms with E-state index in [0.717, 1.165) is 32.4 Å². The van der Waals surface area contributed by atoms with Gasteiger partial charge in [0, 0.05) is 19.3 Å². The molecule has 0 aliphatic carbocycles. The maximum atomic E-state index is 12.6. The number of hydrogen-bond donors (Lipinski definition) is 0. The summed E-state index contributed by atoms with van der Waals surface area (Å²) in [7, 11) is 0. The number of carbonyl (C=O) groups is 1. The van der Waals surface area contributed by atoms with Crippen molar-refractivity contribution in [1.82, 2.24) is 9.88 Å². The van der Waals surface area contributed by atoms with E-state index in [1.54, 1.807) is 6.07 Å². The SMILES string of the molecule is CC(C)(C)C1CCCN(C(=O)c2cc(Cl)ncc2Cl)CC1. The lowest BCUT2D eigenvalue weighted by molar-refractivity contribution is 0.0755. The summed E-state index contributed by atoms with van der Waals surface area (Å²) < 4.78 is 0. The summed E-state index contributed by atoms with van der Waals surface area (Å²) >= 11 is 12.0. The fraction of sp³-hybridized carbons (Fsp3) is 0.625. The van der Waals surface area contributed by atoms with E-state index in [2.05, 4.69) is 25.8 Å². The van der Waals surface area contributed by atoms with Crippen LogP contribution >= 0.6 is 23.2 Å². The van der Waals surface area contributed by atoms with Gasteiger partial charge in [0.1, 0.15) is 5.15 Å². The van der Waals surface area contributed by atoms with E-state index in [0.29, 0.717) is 21.7 Å². The topological polar surface area (TPSA) is 33.2 Å². The molecule has 3 nitrogen and oxygen atoms in total. The predicted octanol–water partition coefficient (Wildman–Crippen LogP) is 4.68. The van der Waals surface area contributed by atoms with Crippen molar-refractivity contribution in [2.75, 3.05) is 13.1 Å². The molecule has 5 heteroatoms. The van der Waals surface area contributed by atoms with E-state index < -0.39 is 0 Å². The minimum atomic E-state index is -0.0427. The Kier molecular flexibility index (Phi) is 5.15. The Labute approximate surface area is 136 Å². The second kappa shape index (κ2) is 6.53. The van der Waals surface area contributed by atoms with Gasteiger partial charge in [-0.25, -0.2) is 4.98 Å². The average Bonchev–Trinajstić information content (AvgIpc) is 2.66. The Bertz CT molecular complexity index is 525. The van der Waals surface area contributed by atoms with E-state index in [-0.39, 0.29) is 11.3 Å². The van der Waals surface area contributed by atoms with Gasteiger partial charge in [0.25, 0.3) is 5.91 Å². The molecule has 21 heavy (non-hydrogen) atoms. The summed E-state index contributed by atoms with van der Waals surface area (Å²) in [6.07, 6.45) is 4.67. The molecular formula is C16H22Cl2N2O. The Morgan fingerprint density at radius 1 is 1.29 bits per heavy atom. The Hall–Kier alpha value is -0.800. The molecule has 2 rings (SSSR count). The number of amides is 1. The molecule has 0 spiro atoms. The molecule has 0 radical (unpaired) electrons. The fourth-order valence-electron chi connectivity index (χ4n) is 2.91. The summed E-state index contributed by atoms with van der Waals surface area (Å²) in [5.41, 5.74) is 0.738. The summed E-state index contributed by atoms with van der Waals surface area (Å²) in [6, 6.07) is 1.55. The molecule has 1 aliphatic rings. The number of likely N-dealkylation sites (tertiary alicyclic amines) is 1. The van der Waals surface area contributed by atoms with Crippen LogP contribution in [0.3, 0.4) is 0 Å². The van der Waals surface area contributed by atoms with Crippen molar-refractivity contribution in [2.24, 2.45) is 11.3 Å². The van der Waals surface area contributed by atoms with Crippen LogP contribution in [0, 0.1) is 11.3 Å². The van der Waals surface area contributed by atoms with Gasteiger partial charge in [0.15, 0.2) is 0 Å². The number of halogens is 2. The number of hydrogen-bond acceptors (Lipinski definition) is 2. The summed E-state index contributed by atoms with van der Waals surface area (Å²) in [5, 5.41) is 0.658. The zero-order valence-electron chi connectivity index (χ0n) is 12.8. The van der Waals surface area contributed by atoms with Gasteiger partial charge in [0.05, 0.1) is 10.6 Å². The Morgan fingerprint density at radius 2 is 2.00 bits per heavy atom. The molecule has 1 fully saturated rings. The number of pyridine rings is 1. The van der Waals surface area contributed by atoms with E-state index in [4.69, 9.17) is 23.2 Å². The highest BCUT2D eigenvalue weighted by Crippen LogP contribution is 2.34. The second-order valence-corrected chi connectivity index (χ2v) is 7.57. The van der Waals surface area contributed by atoms with E-state index >= 15 is 0 Å². The normalized spacial score (nSPS) is 20.2. The maximum Gasteiger partial charge on any atom is 0.255 e. The van der Waals surface area contributed by atoms with Crippen molar-refractivity contribution in [1.29, 1.82) is 0 Å². The third-order valence-corrected chi connectivity index (χ3v) is 4.80. The first-order valence-corrected chi connectivity index (χ1v) is 8.15. The van der Waals surface area contributed by atoms with Gasteiger partial charge in [-0.05, 0) is 36.7 Å². The largest absolute Gasteiger partial charge is 0.339 e. The van der Waals surface area contributed by atoms with Crippen LogP contribution in [-0.4, -0.2) is 28.9 Å². The first-order valence-electron chi connectivity index (χ1n) is 7.39. The van der Waals surface area contributed by atoms with Crippen LogP contribution in [0.1, 0.15) is 50.4 Å². The lowest BCUT2D eigenvalue weighted by atomic mass is 9.77. The zero-order chi connectivity index (χ0) is 15.6. The van der Waals surface area contributed by atoms with Gasteiger partial charge in [-0.15, -0.1) is 0 Å². The first-order chi connectivity index (χ1) is 9.79. The number of nitrogens with zero attached hydrogens (tertiary/aromatic N) is 2. The van der Waals surface area contributed by atoms with Crippen LogP contribution in [0.5, 0.6) is 0 Å². The number of rotatable bonds is 1. The standard InChI is InChI=1S/C16H22Cl2N2O/c1-16(2,3)11-5-4-7-20(8-6-11)15(21)12-9-14(18)19-10-13(12)17/h9-11H,4-8H2,1-3H3. The Morgan fingerprint density at radius 3 is 2.67 bits per heavy atom. The van der Waals surface area contributed by atoms with Crippen LogP contribution in [0.2, 0.25) is 10.2 Å². The number of aromatic nitrogens is 1. The molecule has 1 saturated heterocycles. The minimum absolute atomic E-state index is 0.0427. The molecule has 0 N–H and O–H groups in total. The van der Waals surface area contributed by atoms with E-state index in [1.807, 2.05) is 4.90 Å². The second-order valence-electron chi connectivity index (χ2n) is 6.77. The van der Waals surface area contributed by atoms with Crippen molar-refractivity contribution >= 4 is 29.1 Å². The van der Waals surface area contributed by atoms with E-state index in [9.17, 15) is 4.79 Å². The molecule has 1 unspecified atom stereocenters. The summed E-state index contributed by atoms with van der Waals surface area (Å²) in [6.45, 7) is 8.37. The molecule has 0 bridgehead atoms. The third kappa shape index (κ3) is 4.10. The molecule has 0 aromatic carbocycles. The van der Waals surface area contributed by atoms with E-state index in [1.165, 1.54) is 6.20 Å². The molecule has 1 aliphatic heterocycles. The zero-order valence-corrected chi connectivity index (χ0v) is 14.3. The van der Waals surface area contributed by atoms with Gasteiger partial charge >= 0.3 is 0 Å². The van der Waals surface area contributed by atoms with Crippen molar-refractivity contribution in [3.8, 4) is 0 Å². The van der Waals surface area contributed by atoms with Crippen molar-refractivity contribution in [3.05, 3.63) is 28.0 Å². The Balaban J connectivity index is 2.12. The molecule has 0 saturated carbocycles. The maximum absolute atomic E-state index is 12.6. The molecule has 1 aromatic rings. The van der Waals surface area contributed by atoms with Crippen LogP contribution in [0.15, 0.2) is 12.3 Å². The quantitative estimate of drug-likeness (QED) is 0.701. The third-order valence-electron chi connectivity index (χ3n) is 4.29. The highest BCUT2D eigenvalue weighted by Gasteiger charge is 2.29. The van der Waals surface area contributed by atoms with Crippen LogP contribution in [0.4, 0.5) is 0 Å². The van der Waals surface area contributed by atoms with Gasteiger partial charge < -0.3 is 4.90 Å². The monoisotopic (exact) mass is 328 g/mol. The minimum Gasteiger partial charge on any atom is -0.339 e. The smallest absolute Gasteiger partial charge is 0.255 e. The highest BCUT2D eigenvalue weighted by molar-refractivity contribution is 6.35. The molecule has 1 aromatic heterocycles. The van der Waals surface area contributed by atoms with Crippen molar-refractivity contribution in [3.63, 3.8) is 0 Å². The van der Waals surface area contributed by atoms with Gasteiger partial charge in [-0.3, -0.25) is 4.79 Å². The molecule has 116 valence electrons. The first kappa shape index (κ1) is 16.6. The molecule has 1 atom stereocenters. The molecule has 2 heterocycles. The van der Waals surface area contributed by atoms with Crippen LogP contribution in [0.25, 0.3) is 0 Å². The van der Waals surface area contributed by atoms with Crippen molar-refractivity contribution < 1.29 is 4.79 Å². The predicted molar refractivity (Wildman–Crippen MR) is 87.0 cm³/mol. The fourth-order valence-corrected chi connectivity index (χ4v) is 3.25. The molecule has 1 amide bonds. The molecular weight excluding hydrogens is 307 g/mol. The van der Waals surface area contributed by atoms with Crippen molar-refractivity contribution in [2.45, 2.75) is 40.0 Å². The summed E-state index contributed by atoms with van der Waals surface area (Å²) in [4.78, 5) is 18.4. The lowest BCUT2D eigenvalue weighted by Crippen LogP contribution is -2.32. The van der Waals surface area contributed by atoms with Gasteiger partial charge in [0.2, 0.25) is 0 Å². The summed E-state index contributed by atoms with van der Waals surface area (Å²) in [5.74, 6) is 0.602. The van der Waals surface area contributed by atoms with Gasteiger partial charge in [-0.2, -0.15) is 0 Å².